The number of ketones is 1. The van der Waals surface area contributed by atoms with Crippen LogP contribution >= 0.6 is 0 Å². The molecule has 0 spiro atoms. The predicted molar refractivity (Wildman–Crippen MR) is 79.3 cm³/mol. The average Bonchev–Trinajstić information content (AvgIpc) is 3.00. The van der Waals surface area contributed by atoms with Crippen molar-refractivity contribution in [3.63, 3.8) is 0 Å². The van der Waals surface area contributed by atoms with Crippen LogP contribution in [0, 0.1) is 0 Å². The Balaban J connectivity index is 1.74. The van der Waals surface area contributed by atoms with Crippen molar-refractivity contribution < 1.29 is 24.2 Å². The standard InChI is InChI=1S/C17H12O5/c18-14(13-6-8-15-16(9-13)22-10-21-15)7-3-11-1-4-12(5-2-11)17(19)20/h1-9H,10H2,(H,19,20)/b7-3+. The monoisotopic (exact) mass is 296 g/mol. The topological polar surface area (TPSA) is 72.8 Å². The molecule has 0 saturated heterocycles. The molecular weight excluding hydrogens is 284 g/mol. The lowest BCUT2D eigenvalue weighted by Gasteiger charge is -1.99. The van der Waals surface area contributed by atoms with E-state index in [1.165, 1.54) is 18.2 Å². The molecule has 0 amide bonds. The number of carboxylic acids is 1. The van der Waals surface area contributed by atoms with E-state index in [1.54, 1.807) is 36.4 Å². The number of rotatable bonds is 4. The largest absolute Gasteiger partial charge is 0.478 e. The summed E-state index contributed by atoms with van der Waals surface area (Å²) in [5.41, 5.74) is 1.46. The number of benzene rings is 2. The quantitative estimate of drug-likeness (QED) is 0.693. The van der Waals surface area contributed by atoms with Gasteiger partial charge < -0.3 is 14.6 Å². The van der Waals surface area contributed by atoms with Crippen LogP contribution in [0.5, 0.6) is 11.5 Å². The van der Waals surface area contributed by atoms with Gasteiger partial charge in [0.1, 0.15) is 0 Å². The van der Waals surface area contributed by atoms with Crippen molar-refractivity contribution in [2.75, 3.05) is 6.79 Å². The first-order chi connectivity index (χ1) is 10.6. The Hall–Kier alpha value is -3.08. The molecule has 0 fully saturated rings. The van der Waals surface area contributed by atoms with Gasteiger partial charge in [-0.15, -0.1) is 0 Å². The molecule has 0 saturated carbocycles. The van der Waals surface area contributed by atoms with Crippen LogP contribution in [0.1, 0.15) is 26.3 Å². The van der Waals surface area contributed by atoms with Crippen LogP contribution in [0.3, 0.4) is 0 Å². The van der Waals surface area contributed by atoms with Gasteiger partial charge >= 0.3 is 5.97 Å². The minimum atomic E-state index is -0.980. The highest BCUT2D eigenvalue weighted by molar-refractivity contribution is 6.07. The van der Waals surface area contributed by atoms with Gasteiger partial charge in [-0.1, -0.05) is 18.2 Å². The van der Waals surface area contributed by atoms with E-state index < -0.39 is 5.97 Å². The van der Waals surface area contributed by atoms with E-state index in [9.17, 15) is 9.59 Å². The molecule has 1 heterocycles. The Labute approximate surface area is 126 Å². The first-order valence-electron chi connectivity index (χ1n) is 6.59. The SMILES string of the molecule is O=C(O)c1ccc(/C=C/C(=O)c2ccc3c(c2)OCO3)cc1. The smallest absolute Gasteiger partial charge is 0.335 e. The number of ether oxygens (including phenoxy) is 2. The lowest BCUT2D eigenvalue weighted by atomic mass is 10.1. The van der Waals surface area contributed by atoms with Gasteiger partial charge in [-0.3, -0.25) is 4.79 Å². The van der Waals surface area contributed by atoms with Gasteiger partial charge in [0.25, 0.3) is 0 Å². The molecule has 3 rings (SSSR count). The normalized spacial score (nSPS) is 12.5. The van der Waals surface area contributed by atoms with Crippen molar-refractivity contribution in [2.45, 2.75) is 0 Å². The molecule has 1 aliphatic heterocycles. The van der Waals surface area contributed by atoms with Gasteiger partial charge in [0, 0.05) is 5.56 Å². The Morgan fingerprint density at radius 1 is 0.955 bits per heavy atom. The molecule has 2 aromatic carbocycles. The maximum absolute atomic E-state index is 12.1. The summed E-state index contributed by atoms with van der Waals surface area (Å²) < 4.78 is 10.4. The molecule has 0 aromatic heterocycles. The Morgan fingerprint density at radius 3 is 2.36 bits per heavy atom. The van der Waals surface area contributed by atoms with Gasteiger partial charge in [-0.2, -0.15) is 0 Å². The molecule has 5 nitrogen and oxygen atoms in total. The summed E-state index contributed by atoms with van der Waals surface area (Å²) in [5, 5.41) is 8.83. The summed E-state index contributed by atoms with van der Waals surface area (Å²) in [6, 6.07) is 11.3. The summed E-state index contributed by atoms with van der Waals surface area (Å²) in [5.74, 6) is 0.0439. The second-order valence-corrected chi connectivity index (χ2v) is 4.69. The van der Waals surface area contributed by atoms with Crippen molar-refractivity contribution in [3.05, 3.63) is 65.2 Å². The van der Waals surface area contributed by atoms with E-state index in [0.717, 1.165) is 5.56 Å². The van der Waals surface area contributed by atoms with Crippen LogP contribution in [-0.4, -0.2) is 23.7 Å². The second-order valence-electron chi connectivity index (χ2n) is 4.69. The predicted octanol–water partition coefficient (Wildman–Crippen LogP) is 3.01. The number of hydrogen-bond donors (Lipinski definition) is 1. The van der Waals surface area contributed by atoms with Crippen LogP contribution in [0.4, 0.5) is 0 Å². The van der Waals surface area contributed by atoms with E-state index in [2.05, 4.69) is 0 Å². The molecule has 0 unspecified atom stereocenters. The Kier molecular flexibility index (Phi) is 3.62. The number of carbonyl (C=O) groups excluding carboxylic acids is 1. The Bertz CT molecular complexity index is 759. The number of aromatic carboxylic acids is 1. The van der Waals surface area contributed by atoms with Crippen molar-refractivity contribution in [3.8, 4) is 11.5 Å². The van der Waals surface area contributed by atoms with Crippen LogP contribution in [-0.2, 0) is 0 Å². The fraction of sp³-hybridized carbons (Fsp3) is 0.0588. The van der Waals surface area contributed by atoms with Crippen LogP contribution in [0.25, 0.3) is 6.08 Å². The fourth-order valence-corrected chi connectivity index (χ4v) is 2.05. The summed E-state index contributed by atoms with van der Waals surface area (Å²) in [6.45, 7) is 0.165. The maximum Gasteiger partial charge on any atom is 0.335 e. The molecule has 22 heavy (non-hydrogen) atoms. The van der Waals surface area contributed by atoms with Crippen LogP contribution in [0.2, 0.25) is 0 Å². The van der Waals surface area contributed by atoms with Crippen LogP contribution in [0.15, 0.2) is 48.5 Å². The molecular formula is C17H12O5. The van der Waals surface area contributed by atoms with Gasteiger partial charge in [-0.05, 0) is 42.0 Å². The van der Waals surface area contributed by atoms with Gasteiger partial charge in [0.15, 0.2) is 17.3 Å². The highest BCUT2D eigenvalue weighted by Crippen LogP contribution is 2.32. The molecule has 1 N–H and O–H groups in total. The van der Waals surface area contributed by atoms with E-state index >= 15 is 0 Å². The average molecular weight is 296 g/mol. The lowest BCUT2D eigenvalue weighted by Crippen LogP contribution is -1.95. The number of fused-ring (bicyclic) bond motifs is 1. The zero-order chi connectivity index (χ0) is 15.5. The summed E-state index contributed by atoms with van der Waals surface area (Å²) in [7, 11) is 0. The van der Waals surface area contributed by atoms with Gasteiger partial charge in [-0.25, -0.2) is 4.79 Å². The highest BCUT2D eigenvalue weighted by Gasteiger charge is 2.15. The third kappa shape index (κ3) is 2.83. The highest BCUT2D eigenvalue weighted by atomic mass is 16.7. The third-order valence-electron chi connectivity index (χ3n) is 3.24. The molecule has 2 aromatic rings. The molecule has 0 atom stereocenters. The molecule has 0 aliphatic carbocycles. The number of hydrogen-bond acceptors (Lipinski definition) is 4. The van der Waals surface area contributed by atoms with E-state index in [4.69, 9.17) is 14.6 Å². The van der Waals surface area contributed by atoms with Gasteiger partial charge in [0.2, 0.25) is 6.79 Å². The number of carboxylic acid groups (broad SMARTS) is 1. The van der Waals surface area contributed by atoms with Crippen molar-refractivity contribution >= 4 is 17.8 Å². The second kappa shape index (κ2) is 5.73. The number of allylic oxidation sites excluding steroid dienone is 1. The van der Waals surface area contributed by atoms with Gasteiger partial charge in [0.05, 0.1) is 5.56 Å². The first-order valence-corrected chi connectivity index (χ1v) is 6.59. The van der Waals surface area contributed by atoms with Crippen molar-refractivity contribution in [1.29, 1.82) is 0 Å². The minimum absolute atomic E-state index is 0.165. The van der Waals surface area contributed by atoms with Crippen molar-refractivity contribution in [2.24, 2.45) is 0 Å². The zero-order valence-electron chi connectivity index (χ0n) is 11.5. The van der Waals surface area contributed by atoms with E-state index in [-0.39, 0.29) is 18.1 Å². The third-order valence-corrected chi connectivity index (χ3v) is 3.24. The van der Waals surface area contributed by atoms with E-state index in [0.29, 0.717) is 17.1 Å². The molecule has 0 radical (unpaired) electrons. The Morgan fingerprint density at radius 2 is 1.64 bits per heavy atom. The van der Waals surface area contributed by atoms with Crippen molar-refractivity contribution in [1.82, 2.24) is 0 Å². The minimum Gasteiger partial charge on any atom is -0.478 e. The molecule has 1 aliphatic rings. The van der Waals surface area contributed by atoms with Crippen LogP contribution < -0.4 is 9.47 Å². The first kappa shape index (κ1) is 13.9. The molecule has 5 heteroatoms. The number of carbonyl (C=O) groups is 2. The maximum atomic E-state index is 12.1. The summed E-state index contributed by atoms with van der Waals surface area (Å²) in [6.07, 6.45) is 3.08. The fourth-order valence-electron chi connectivity index (χ4n) is 2.05. The molecule has 110 valence electrons. The summed E-state index contributed by atoms with van der Waals surface area (Å²) in [4.78, 5) is 22.9. The van der Waals surface area contributed by atoms with E-state index in [1.807, 2.05) is 0 Å². The zero-order valence-corrected chi connectivity index (χ0v) is 11.5. The lowest BCUT2D eigenvalue weighted by molar-refractivity contribution is 0.0696. The summed E-state index contributed by atoms with van der Waals surface area (Å²) >= 11 is 0. The molecule has 0 bridgehead atoms.